The van der Waals surface area contributed by atoms with Gasteiger partial charge >= 0.3 is 0 Å². The number of rotatable bonds is 6. The standard InChI is InChI=1S/C21H25N7O4/c1-13-6-7-18-24-25-19(28(13)18)16-4-3-5-17(22-16)23-20(29)15-11-27(26-21(15)30-2)10-14-12-31-8-9-32-14/h3-5,11,13-14H,6-10,12H2,1-2H3,(H,22,23,29)/t13-,14?/m0/s1. The van der Waals surface area contributed by atoms with Gasteiger partial charge in [0.15, 0.2) is 5.82 Å². The Hall–Kier alpha value is -3.31. The minimum Gasteiger partial charge on any atom is -0.479 e. The number of aromatic nitrogens is 6. The highest BCUT2D eigenvalue weighted by atomic mass is 16.6. The van der Waals surface area contributed by atoms with Crippen LogP contribution in [0, 0.1) is 0 Å². The van der Waals surface area contributed by atoms with Crippen molar-refractivity contribution < 1.29 is 19.0 Å². The van der Waals surface area contributed by atoms with Crippen LogP contribution in [0.3, 0.4) is 0 Å². The lowest BCUT2D eigenvalue weighted by atomic mass is 10.2. The summed E-state index contributed by atoms with van der Waals surface area (Å²) in [5.41, 5.74) is 0.973. The minimum atomic E-state index is -0.363. The number of aryl methyl sites for hydroxylation is 1. The van der Waals surface area contributed by atoms with Crippen molar-refractivity contribution in [3.05, 3.63) is 35.8 Å². The number of carbonyl (C=O) groups excluding carboxylic acids is 1. The maximum absolute atomic E-state index is 13.0. The van der Waals surface area contributed by atoms with Gasteiger partial charge in [-0.25, -0.2) is 4.98 Å². The third-order valence-electron chi connectivity index (χ3n) is 5.65. The van der Waals surface area contributed by atoms with Gasteiger partial charge in [-0.2, -0.15) is 0 Å². The van der Waals surface area contributed by atoms with Crippen molar-refractivity contribution in [2.45, 2.75) is 38.5 Å². The average molecular weight is 439 g/mol. The Morgan fingerprint density at radius 3 is 3.03 bits per heavy atom. The Kier molecular flexibility index (Phi) is 5.58. The highest BCUT2D eigenvalue weighted by molar-refractivity contribution is 6.05. The molecular formula is C21H25N7O4. The van der Waals surface area contributed by atoms with E-state index in [1.165, 1.54) is 7.11 Å². The van der Waals surface area contributed by atoms with E-state index in [-0.39, 0.29) is 17.9 Å². The summed E-state index contributed by atoms with van der Waals surface area (Å²) in [6.07, 6.45) is 3.47. The van der Waals surface area contributed by atoms with Gasteiger partial charge < -0.3 is 24.1 Å². The van der Waals surface area contributed by atoms with Crippen LogP contribution in [-0.2, 0) is 22.4 Å². The van der Waals surface area contributed by atoms with Gasteiger partial charge in [-0.3, -0.25) is 9.48 Å². The monoisotopic (exact) mass is 439 g/mol. The fraction of sp³-hybridized carbons (Fsp3) is 0.476. The molecule has 0 aromatic carbocycles. The normalized spacial score (nSPS) is 20.2. The predicted molar refractivity (Wildman–Crippen MR) is 114 cm³/mol. The second-order valence-electron chi connectivity index (χ2n) is 7.90. The van der Waals surface area contributed by atoms with Gasteiger partial charge in [0.1, 0.15) is 29.0 Å². The highest BCUT2D eigenvalue weighted by Crippen LogP contribution is 2.30. The molecule has 1 amide bonds. The molecule has 3 aromatic heterocycles. The lowest BCUT2D eigenvalue weighted by molar-refractivity contribution is -0.0946. The molecule has 5 heterocycles. The molecule has 1 fully saturated rings. The molecule has 0 spiro atoms. The van der Waals surface area contributed by atoms with Gasteiger partial charge in [0.25, 0.3) is 5.91 Å². The van der Waals surface area contributed by atoms with Crippen molar-refractivity contribution in [2.24, 2.45) is 0 Å². The van der Waals surface area contributed by atoms with Crippen molar-refractivity contribution in [3.8, 4) is 17.4 Å². The maximum atomic E-state index is 13.0. The molecule has 32 heavy (non-hydrogen) atoms. The van der Waals surface area contributed by atoms with E-state index in [2.05, 4.69) is 37.1 Å². The summed E-state index contributed by atoms with van der Waals surface area (Å²) in [6.45, 7) is 4.24. The van der Waals surface area contributed by atoms with Crippen molar-refractivity contribution in [3.63, 3.8) is 0 Å². The zero-order valence-corrected chi connectivity index (χ0v) is 18.0. The molecule has 1 saturated heterocycles. The van der Waals surface area contributed by atoms with E-state index < -0.39 is 0 Å². The fourth-order valence-corrected chi connectivity index (χ4v) is 4.07. The second kappa shape index (κ2) is 8.67. The molecule has 11 nitrogen and oxygen atoms in total. The molecule has 2 aliphatic rings. The van der Waals surface area contributed by atoms with E-state index in [1.807, 2.05) is 12.1 Å². The SMILES string of the molecule is COc1nn(CC2COCCO2)cc1C(=O)Nc1cccc(-c2nnc3n2[C@@H](C)CC3)n1. The summed E-state index contributed by atoms with van der Waals surface area (Å²) in [7, 11) is 1.48. The molecule has 168 valence electrons. The van der Waals surface area contributed by atoms with Crippen LogP contribution in [0.15, 0.2) is 24.4 Å². The summed E-state index contributed by atoms with van der Waals surface area (Å²) < 4.78 is 20.1. The zero-order valence-electron chi connectivity index (χ0n) is 18.0. The molecule has 0 saturated carbocycles. The molecule has 0 aliphatic carbocycles. The summed E-state index contributed by atoms with van der Waals surface area (Å²) >= 11 is 0. The zero-order chi connectivity index (χ0) is 22.1. The molecule has 0 radical (unpaired) electrons. The predicted octanol–water partition coefficient (Wildman–Crippen LogP) is 1.72. The van der Waals surface area contributed by atoms with Crippen LogP contribution in [-0.4, -0.2) is 68.5 Å². The number of hydrogen-bond acceptors (Lipinski definition) is 8. The van der Waals surface area contributed by atoms with Crippen molar-refractivity contribution in [2.75, 3.05) is 32.2 Å². The lowest BCUT2D eigenvalue weighted by Gasteiger charge is -2.22. The van der Waals surface area contributed by atoms with E-state index in [0.717, 1.165) is 18.7 Å². The number of hydrogen-bond donors (Lipinski definition) is 1. The quantitative estimate of drug-likeness (QED) is 0.617. The Labute approximate surface area is 184 Å². The van der Waals surface area contributed by atoms with Crippen LogP contribution >= 0.6 is 0 Å². The smallest absolute Gasteiger partial charge is 0.263 e. The van der Waals surface area contributed by atoms with Gasteiger partial charge in [0.05, 0.1) is 33.5 Å². The number of anilines is 1. The van der Waals surface area contributed by atoms with Crippen molar-refractivity contribution >= 4 is 11.7 Å². The summed E-state index contributed by atoms with van der Waals surface area (Å²) in [5, 5.41) is 15.8. The number of fused-ring (bicyclic) bond motifs is 1. The number of nitrogens with one attached hydrogen (secondary N) is 1. The number of methoxy groups -OCH3 is 1. The van der Waals surface area contributed by atoms with Crippen LogP contribution in [0.25, 0.3) is 11.5 Å². The minimum absolute atomic E-state index is 0.116. The van der Waals surface area contributed by atoms with E-state index >= 15 is 0 Å². The molecule has 3 aromatic rings. The molecule has 11 heteroatoms. The van der Waals surface area contributed by atoms with E-state index in [9.17, 15) is 4.79 Å². The molecule has 0 bridgehead atoms. The molecule has 1 N–H and O–H groups in total. The van der Waals surface area contributed by atoms with Gasteiger partial charge in [0.2, 0.25) is 5.88 Å². The third-order valence-corrected chi connectivity index (χ3v) is 5.65. The first-order valence-electron chi connectivity index (χ1n) is 10.7. The van der Waals surface area contributed by atoms with Crippen LogP contribution < -0.4 is 10.1 Å². The van der Waals surface area contributed by atoms with Crippen LogP contribution in [0.1, 0.15) is 35.6 Å². The first-order chi connectivity index (χ1) is 15.6. The topological polar surface area (TPSA) is 118 Å². The molecular weight excluding hydrogens is 414 g/mol. The molecule has 5 rings (SSSR count). The van der Waals surface area contributed by atoms with E-state index in [0.29, 0.717) is 55.3 Å². The average Bonchev–Trinajstić information content (AvgIpc) is 3.51. The Morgan fingerprint density at radius 2 is 2.22 bits per heavy atom. The summed E-state index contributed by atoms with van der Waals surface area (Å²) in [4.78, 5) is 17.6. The van der Waals surface area contributed by atoms with Crippen molar-refractivity contribution in [1.29, 1.82) is 0 Å². The number of carbonyl (C=O) groups is 1. The van der Waals surface area contributed by atoms with Crippen molar-refractivity contribution in [1.82, 2.24) is 29.5 Å². The summed E-state index contributed by atoms with van der Waals surface area (Å²) in [5.74, 6) is 1.96. The summed E-state index contributed by atoms with van der Waals surface area (Å²) in [6, 6.07) is 5.75. The first-order valence-corrected chi connectivity index (χ1v) is 10.7. The van der Waals surface area contributed by atoms with Gasteiger partial charge in [-0.05, 0) is 25.5 Å². The number of nitrogens with zero attached hydrogens (tertiary/aromatic N) is 6. The molecule has 1 unspecified atom stereocenters. The van der Waals surface area contributed by atoms with Gasteiger partial charge in [0, 0.05) is 18.7 Å². The lowest BCUT2D eigenvalue weighted by Crippen LogP contribution is -2.32. The Morgan fingerprint density at radius 1 is 1.31 bits per heavy atom. The number of ether oxygens (including phenoxy) is 3. The van der Waals surface area contributed by atoms with Crippen LogP contribution in [0.4, 0.5) is 5.82 Å². The van der Waals surface area contributed by atoms with Crippen LogP contribution in [0.5, 0.6) is 5.88 Å². The first kappa shape index (κ1) is 20.6. The van der Waals surface area contributed by atoms with Crippen LogP contribution in [0.2, 0.25) is 0 Å². The largest absolute Gasteiger partial charge is 0.479 e. The van der Waals surface area contributed by atoms with E-state index in [1.54, 1.807) is 16.9 Å². The Balaban J connectivity index is 1.34. The molecule has 2 atom stereocenters. The third kappa shape index (κ3) is 3.96. The van der Waals surface area contributed by atoms with Gasteiger partial charge in [-0.1, -0.05) is 6.07 Å². The second-order valence-corrected chi connectivity index (χ2v) is 7.90. The number of pyridine rings is 1. The Bertz CT molecular complexity index is 1120. The fourth-order valence-electron chi connectivity index (χ4n) is 4.07. The molecule has 2 aliphatic heterocycles. The number of amides is 1. The van der Waals surface area contributed by atoms with E-state index in [4.69, 9.17) is 14.2 Å². The van der Waals surface area contributed by atoms with Gasteiger partial charge in [-0.15, -0.1) is 15.3 Å². The maximum Gasteiger partial charge on any atom is 0.263 e. The highest BCUT2D eigenvalue weighted by Gasteiger charge is 2.25.